The molecule has 1 heterocycles. The Labute approximate surface area is 131 Å². The van der Waals surface area contributed by atoms with Crippen LogP contribution in [-0.4, -0.2) is 42.6 Å². The number of piperidine rings is 1. The number of anilines is 1. The number of rotatable bonds is 5. The van der Waals surface area contributed by atoms with Crippen molar-refractivity contribution in [1.82, 2.24) is 4.31 Å². The van der Waals surface area contributed by atoms with E-state index in [2.05, 4.69) is 5.32 Å². The molecule has 0 unspecified atom stereocenters. The van der Waals surface area contributed by atoms with Gasteiger partial charge in [0, 0.05) is 24.7 Å². The summed E-state index contributed by atoms with van der Waals surface area (Å²) in [7, 11) is -3.17. The van der Waals surface area contributed by atoms with Gasteiger partial charge in [-0.15, -0.1) is 0 Å². The molecule has 1 saturated heterocycles. The van der Waals surface area contributed by atoms with Gasteiger partial charge in [0.05, 0.1) is 5.75 Å². The zero-order valence-corrected chi connectivity index (χ0v) is 13.5. The van der Waals surface area contributed by atoms with Gasteiger partial charge in [0.2, 0.25) is 15.9 Å². The van der Waals surface area contributed by atoms with Crippen molar-refractivity contribution >= 4 is 21.6 Å². The topological polar surface area (TPSA) is 86.7 Å². The van der Waals surface area contributed by atoms with E-state index in [0.29, 0.717) is 38.0 Å². The van der Waals surface area contributed by atoms with Crippen LogP contribution in [0.5, 0.6) is 5.75 Å². The van der Waals surface area contributed by atoms with E-state index in [4.69, 9.17) is 0 Å². The van der Waals surface area contributed by atoms with Crippen LogP contribution in [0.4, 0.5) is 5.69 Å². The fourth-order valence-corrected chi connectivity index (χ4v) is 4.11. The highest BCUT2D eigenvalue weighted by Crippen LogP contribution is 2.22. The van der Waals surface area contributed by atoms with Crippen molar-refractivity contribution in [3.63, 3.8) is 0 Å². The van der Waals surface area contributed by atoms with Crippen LogP contribution in [0, 0.1) is 5.92 Å². The highest BCUT2D eigenvalue weighted by Gasteiger charge is 2.30. The lowest BCUT2D eigenvalue weighted by atomic mass is 9.97. The SMILES string of the molecule is CCCS(=O)(=O)N1CCC(C(=O)Nc2ccc(O)cc2)CC1. The zero-order valence-electron chi connectivity index (χ0n) is 12.7. The molecule has 1 amide bonds. The van der Waals surface area contributed by atoms with Gasteiger partial charge >= 0.3 is 0 Å². The summed E-state index contributed by atoms with van der Waals surface area (Å²) in [5.74, 6) is 0.0322. The molecule has 7 heteroatoms. The molecule has 0 bridgehead atoms. The van der Waals surface area contributed by atoms with Crippen LogP contribution in [0.1, 0.15) is 26.2 Å². The van der Waals surface area contributed by atoms with Gasteiger partial charge in [-0.05, 0) is 43.5 Å². The van der Waals surface area contributed by atoms with Crippen LogP contribution >= 0.6 is 0 Å². The van der Waals surface area contributed by atoms with E-state index in [0.717, 1.165) is 0 Å². The lowest BCUT2D eigenvalue weighted by molar-refractivity contribution is -0.120. The minimum absolute atomic E-state index is 0.0989. The number of phenols is 1. The Morgan fingerprint density at radius 3 is 2.41 bits per heavy atom. The van der Waals surface area contributed by atoms with Crippen LogP contribution in [0.25, 0.3) is 0 Å². The number of hydrogen-bond acceptors (Lipinski definition) is 4. The average Bonchev–Trinajstić information content (AvgIpc) is 2.49. The molecule has 1 aromatic rings. The molecule has 2 rings (SSSR count). The van der Waals surface area contributed by atoms with E-state index >= 15 is 0 Å². The van der Waals surface area contributed by atoms with Crippen molar-refractivity contribution in [3.8, 4) is 5.75 Å². The first-order valence-corrected chi connectivity index (χ1v) is 9.11. The first kappa shape index (κ1) is 16.8. The maximum Gasteiger partial charge on any atom is 0.227 e. The summed E-state index contributed by atoms with van der Waals surface area (Å²) in [6.45, 7) is 2.64. The van der Waals surface area contributed by atoms with Crippen molar-refractivity contribution < 1.29 is 18.3 Å². The Bertz CT molecular complexity index is 605. The number of hydrogen-bond donors (Lipinski definition) is 2. The maximum absolute atomic E-state index is 12.2. The van der Waals surface area contributed by atoms with Gasteiger partial charge in [-0.2, -0.15) is 0 Å². The second-order valence-corrected chi connectivity index (χ2v) is 7.61. The molecular weight excluding hydrogens is 304 g/mol. The largest absolute Gasteiger partial charge is 0.508 e. The Balaban J connectivity index is 1.88. The Morgan fingerprint density at radius 2 is 1.86 bits per heavy atom. The molecule has 0 radical (unpaired) electrons. The lowest BCUT2D eigenvalue weighted by Crippen LogP contribution is -2.42. The van der Waals surface area contributed by atoms with E-state index in [-0.39, 0.29) is 23.3 Å². The molecule has 1 aliphatic rings. The molecule has 2 N–H and O–H groups in total. The van der Waals surface area contributed by atoms with Crippen molar-refractivity contribution in [2.24, 2.45) is 5.92 Å². The van der Waals surface area contributed by atoms with Crippen molar-refractivity contribution in [2.45, 2.75) is 26.2 Å². The second-order valence-electron chi connectivity index (χ2n) is 5.53. The summed E-state index contributed by atoms with van der Waals surface area (Å²) in [5.41, 5.74) is 0.629. The van der Waals surface area contributed by atoms with E-state index in [1.165, 1.54) is 16.4 Å². The van der Waals surface area contributed by atoms with Crippen molar-refractivity contribution in [3.05, 3.63) is 24.3 Å². The molecule has 122 valence electrons. The molecule has 1 aliphatic heterocycles. The smallest absolute Gasteiger partial charge is 0.227 e. The third-order valence-electron chi connectivity index (χ3n) is 3.82. The molecular formula is C15H22N2O4S. The number of phenolic OH excluding ortho intramolecular Hbond substituents is 1. The number of nitrogens with zero attached hydrogens (tertiary/aromatic N) is 1. The van der Waals surface area contributed by atoms with Crippen LogP contribution in [-0.2, 0) is 14.8 Å². The number of amides is 1. The first-order chi connectivity index (χ1) is 10.4. The second kappa shape index (κ2) is 7.11. The molecule has 6 nitrogen and oxygen atoms in total. The number of carbonyl (C=O) groups is 1. The Kier molecular flexibility index (Phi) is 5.42. The third-order valence-corrected chi connectivity index (χ3v) is 5.89. The summed E-state index contributed by atoms with van der Waals surface area (Å²) in [5, 5.41) is 12.0. The third kappa shape index (κ3) is 4.20. The summed E-state index contributed by atoms with van der Waals surface area (Å²) in [6, 6.07) is 6.28. The first-order valence-electron chi connectivity index (χ1n) is 7.50. The maximum atomic E-state index is 12.2. The van der Waals surface area contributed by atoms with Gasteiger partial charge in [-0.25, -0.2) is 12.7 Å². The van der Waals surface area contributed by atoms with Crippen LogP contribution < -0.4 is 5.32 Å². The van der Waals surface area contributed by atoms with Gasteiger partial charge in [0.25, 0.3) is 0 Å². The predicted molar refractivity (Wildman–Crippen MR) is 85.1 cm³/mol. The van der Waals surface area contributed by atoms with Crippen LogP contribution in [0.15, 0.2) is 24.3 Å². The number of aromatic hydroxyl groups is 1. The molecule has 0 spiro atoms. The van der Waals surface area contributed by atoms with Gasteiger partial charge in [0.15, 0.2) is 0 Å². The highest BCUT2D eigenvalue weighted by atomic mass is 32.2. The number of carbonyl (C=O) groups excluding carboxylic acids is 1. The van der Waals surface area contributed by atoms with Crippen LogP contribution in [0.2, 0.25) is 0 Å². The minimum atomic E-state index is -3.17. The van der Waals surface area contributed by atoms with E-state index in [9.17, 15) is 18.3 Å². The van der Waals surface area contributed by atoms with Gasteiger partial charge in [-0.1, -0.05) is 6.92 Å². The van der Waals surface area contributed by atoms with Gasteiger partial charge < -0.3 is 10.4 Å². The normalized spacial score (nSPS) is 17.3. The van der Waals surface area contributed by atoms with Crippen molar-refractivity contribution in [1.29, 1.82) is 0 Å². The number of nitrogens with one attached hydrogen (secondary N) is 1. The van der Waals surface area contributed by atoms with Gasteiger partial charge in [-0.3, -0.25) is 4.79 Å². The standard InChI is InChI=1S/C15H22N2O4S/c1-2-11-22(20,21)17-9-7-12(8-10-17)15(19)16-13-3-5-14(18)6-4-13/h3-6,12,18H,2,7-11H2,1H3,(H,16,19). The molecule has 1 aromatic carbocycles. The quantitative estimate of drug-likeness (QED) is 0.808. The summed E-state index contributed by atoms with van der Waals surface area (Å²) < 4.78 is 25.5. The van der Waals surface area contributed by atoms with E-state index < -0.39 is 10.0 Å². The van der Waals surface area contributed by atoms with E-state index in [1.807, 2.05) is 6.92 Å². The summed E-state index contributed by atoms with van der Waals surface area (Å²) in [4.78, 5) is 12.2. The monoisotopic (exact) mass is 326 g/mol. The molecule has 0 aromatic heterocycles. The molecule has 0 aliphatic carbocycles. The Morgan fingerprint density at radius 1 is 1.27 bits per heavy atom. The van der Waals surface area contributed by atoms with E-state index in [1.54, 1.807) is 12.1 Å². The molecule has 22 heavy (non-hydrogen) atoms. The number of benzene rings is 1. The average molecular weight is 326 g/mol. The molecule has 0 saturated carbocycles. The molecule has 1 fully saturated rings. The zero-order chi connectivity index (χ0) is 16.2. The minimum Gasteiger partial charge on any atom is -0.508 e. The summed E-state index contributed by atoms with van der Waals surface area (Å²) >= 11 is 0. The number of sulfonamides is 1. The van der Waals surface area contributed by atoms with Crippen LogP contribution in [0.3, 0.4) is 0 Å². The fraction of sp³-hybridized carbons (Fsp3) is 0.533. The highest BCUT2D eigenvalue weighted by molar-refractivity contribution is 7.89. The lowest BCUT2D eigenvalue weighted by Gasteiger charge is -2.30. The predicted octanol–water partition coefficient (Wildman–Crippen LogP) is 1.78. The van der Waals surface area contributed by atoms with Crippen molar-refractivity contribution in [2.75, 3.05) is 24.2 Å². The molecule has 0 atom stereocenters. The Hall–Kier alpha value is -1.60. The summed E-state index contributed by atoms with van der Waals surface area (Å²) in [6.07, 6.45) is 1.67. The van der Waals surface area contributed by atoms with Gasteiger partial charge in [0.1, 0.15) is 5.75 Å². The fourth-order valence-electron chi connectivity index (χ4n) is 2.57.